The van der Waals surface area contributed by atoms with Crippen LogP contribution in [0.2, 0.25) is 0 Å². The van der Waals surface area contributed by atoms with E-state index in [9.17, 15) is 0 Å². The van der Waals surface area contributed by atoms with Crippen molar-refractivity contribution in [3.05, 3.63) is 47.2 Å². The van der Waals surface area contributed by atoms with Crippen molar-refractivity contribution >= 4 is 0 Å². The van der Waals surface area contributed by atoms with Gasteiger partial charge in [0.25, 0.3) is 0 Å². The molecule has 1 aromatic rings. The third kappa shape index (κ3) is 1.16. The van der Waals surface area contributed by atoms with Crippen LogP contribution in [0.4, 0.5) is 0 Å². The van der Waals surface area contributed by atoms with Crippen LogP contribution in [0.15, 0.2) is 0 Å². The summed E-state index contributed by atoms with van der Waals surface area (Å²) in [5.41, 5.74) is 6.18. The highest BCUT2D eigenvalue weighted by Gasteiger charge is 2.08. The maximum absolute atomic E-state index is 5.87. The quantitative estimate of drug-likeness (QED) is 0.544. The molecule has 4 radical (unpaired) electrons. The first kappa shape index (κ1) is 9.31. The molecular formula is C12H14. The van der Waals surface area contributed by atoms with Gasteiger partial charge in [-0.2, -0.15) is 0 Å². The molecule has 0 atom stereocenters. The molecule has 12 heavy (non-hydrogen) atoms. The van der Waals surface area contributed by atoms with E-state index in [-0.39, 0.29) is 0 Å². The summed E-state index contributed by atoms with van der Waals surface area (Å²) in [6.07, 6.45) is 0. The van der Waals surface area contributed by atoms with Gasteiger partial charge in [-0.15, -0.1) is 0 Å². The van der Waals surface area contributed by atoms with Crippen LogP contribution in [0.1, 0.15) is 33.4 Å². The average molecular weight is 158 g/mol. The lowest BCUT2D eigenvalue weighted by Crippen LogP contribution is -1.98. The Morgan fingerprint density at radius 3 is 1.25 bits per heavy atom. The van der Waals surface area contributed by atoms with Gasteiger partial charge in [0.2, 0.25) is 0 Å². The van der Waals surface area contributed by atoms with Gasteiger partial charge in [-0.05, 0) is 74.9 Å². The first-order chi connectivity index (χ1) is 5.46. The predicted octanol–water partition coefficient (Wildman–Crippen LogP) is 3.04. The monoisotopic (exact) mass is 158 g/mol. The minimum atomic E-state index is 0.829. The Balaban J connectivity index is 3.60. The molecule has 0 bridgehead atoms. The lowest BCUT2D eigenvalue weighted by atomic mass is 9.90. The highest BCUT2D eigenvalue weighted by atomic mass is 14.1. The zero-order valence-corrected chi connectivity index (χ0v) is 8.15. The smallest absolute Gasteiger partial charge is 0.000618 e. The van der Waals surface area contributed by atoms with Crippen LogP contribution in [-0.2, 0) is 0 Å². The largest absolute Gasteiger partial charge is 0.0447 e. The molecule has 0 spiro atoms. The first-order valence-electron chi connectivity index (χ1n) is 4.08. The lowest BCUT2D eigenvalue weighted by molar-refractivity contribution is 1.18. The molecule has 1 aromatic carbocycles. The molecule has 0 amide bonds. The van der Waals surface area contributed by atoms with Crippen LogP contribution in [-0.4, -0.2) is 0 Å². The summed E-state index contributed by atoms with van der Waals surface area (Å²) in [5.74, 6) is 0. The van der Waals surface area contributed by atoms with Gasteiger partial charge in [-0.25, -0.2) is 0 Å². The second kappa shape index (κ2) is 2.93. The zero-order chi connectivity index (χ0) is 9.46. The van der Waals surface area contributed by atoms with Crippen molar-refractivity contribution in [1.29, 1.82) is 0 Å². The van der Waals surface area contributed by atoms with E-state index in [0.717, 1.165) is 27.8 Å². The molecule has 0 heteroatoms. The fourth-order valence-corrected chi connectivity index (χ4v) is 1.39. The predicted molar refractivity (Wildman–Crippen MR) is 52.2 cm³/mol. The minimum Gasteiger partial charge on any atom is -0.0447 e. The summed E-state index contributed by atoms with van der Waals surface area (Å²) in [7, 11) is 0. The summed E-state index contributed by atoms with van der Waals surface area (Å²) in [6.45, 7) is 19.8. The molecule has 1 rings (SSSR count). The van der Waals surface area contributed by atoms with Crippen molar-refractivity contribution in [3.63, 3.8) is 0 Å². The summed E-state index contributed by atoms with van der Waals surface area (Å²) in [5, 5.41) is 0. The summed E-state index contributed by atoms with van der Waals surface area (Å²) in [4.78, 5) is 0. The van der Waals surface area contributed by atoms with E-state index in [1.807, 2.05) is 20.8 Å². The molecule has 0 unspecified atom stereocenters. The van der Waals surface area contributed by atoms with Crippen LogP contribution in [0, 0.1) is 41.5 Å². The standard InChI is InChI=1S/C12H14/c1-7-8(2)10(4)12(6)11(5)9(7)3/h1,4H,2-3,5-6H3. The van der Waals surface area contributed by atoms with Crippen LogP contribution < -0.4 is 0 Å². The van der Waals surface area contributed by atoms with Crippen molar-refractivity contribution in [2.24, 2.45) is 0 Å². The Hall–Kier alpha value is -0.780. The fraction of sp³-hybridized carbons (Fsp3) is 0.333. The van der Waals surface area contributed by atoms with Crippen LogP contribution in [0.25, 0.3) is 0 Å². The van der Waals surface area contributed by atoms with Crippen LogP contribution in [0.5, 0.6) is 0 Å². The number of hydrogen-bond donors (Lipinski definition) is 0. The Morgan fingerprint density at radius 1 is 0.583 bits per heavy atom. The van der Waals surface area contributed by atoms with E-state index in [4.69, 9.17) is 13.8 Å². The number of benzene rings is 1. The van der Waals surface area contributed by atoms with Gasteiger partial charge in [0.05, 0.1) is 0 Å². The Labute approximate surface area is 75.6 Å². The maximum Gasteiger partial charge on any atom is -0.000618 e. The molecule has 0 aromatic heterocycles. The van der Waals surface area contributed by atoms with Crippen molar-refractivity contribution in [1.82, 2.24) is 0 Å². The van der Waals surface area contributed by atoms with E-state index >= 15 is 0 Å². The third-order valence-corrected chi connectivity index (χ3v) is 2.74. The normalized spacial score (nSPS) is 10.5. The fourth-order valence-electron chi connectivity index (χ4n) is 1.39. The Morgan fingerprint density at radius 2 is 0.917 bits per heavy atom. The summed E-state index contributed by atoms with van der Waals surface area (Å²) >= 11 is 0. The van der Waals surface area contributed by atoms with Gasteiger partial charge >= 0.3 is 0 Å². The van der Waals surface area contributed by atoms with Gasteiger partial charge in [-0.1, -0.05) is 0 Å². The Bertz CT molecular complexity index is 214. The van der Waals surface area contributed by atoms with Crippen LogP contribution >= 0.6 is 0 Å². The van der Waals surface area contributed by atoms with Crippen molar-refractivity contribution in [2.75, 3.05) is 0 Å². The van der Waals surface area contributed by atoms with E-state index in [1.54, 1.807) is 0 Å². The molecule has 0 N–H and O–H groups in total. The van der Waals surface area contributed by atoms with Crippen molar-refractivity contribution < 1.29 is 0 Å². The van der Waals surface area contributed by atoms with E-state index < -0.39 is 0 Å². The highest BCUT2D eigenvalue weighted by molar-refractivity contribution is 5.52. The highest BCUT2D eigenvalue weighted by Crippen LogP contribution is 2.24. The van der Waals surface area contributed by atoms with Gasteiger partial charge in [0.1, 0.15) is 0 Å². The maximum atomic E-state index is 5.87. The molecule has 0 aliphatic carbocycles. The second-order valence-corrected chi connectivity index (χ2v) is 3.33. The third-order valence-electron chi connectivity index (χ3n) is 2.74. The first-order valence-corrected chi connectivity index (χ1v) is 4.08. The van der Waals surface area contributed by atoms with E-state index in [2.05, 4.69) is 6.92 Å². The zero-order valence-electron chi connectivity index (χ0n) is 8.15. The summed E-state index contributed by atoms with van der Waals surface area (Å²) in [6, 6.07) is 0. The summed E-state index contributed by atoms with van der Waals surface area (Å²) < 4.78 is 0. The molecule has 0 saturated carbocycles. The number of rotatable bonds is 0. The van der Waals surface area contributed by atoms with Gasteiger partial charge in [-0.3, -0.25) is 0 Å². The second-order valence-electron chi connectivity index (χ2n) is 3.33. The van der Waals surface area contributed by atoms with Gasteiger partial charge in [0.15, 0.2) is 0 Å². The van der Waals surface area contributed by atoms with E-state index in [0.29, 0.717) is 0 Å². The number of hydrogen-bond acceptors (Lipinski definition) is 0. The molecule has 0 aliphatic heterocycles. The van der Waals surface area contributed by atoms with E-state index in [1.165, 1.54) is 5.56 Å². The average Bonchev–Trinajstić information content (AvgIpc) is 2.08. The lowest BCUT2D eigenvalue weighted by Gasteiger charge is -2.15. The molecule has 0 nitrogen and oxygen atoms in total. The molecule has 0 heterocycles. The van der Waals surface area contributed by atoms with Crippen molar-refractivity contribution in [2.45, 2.75) is 27.7 Å². The Kier molecular flexibility index (Phi) is 2.27. The molecule has 62 valence electrons. The SMILES string of the molecule is [CH]c1c(C)c([CH])c(C)c(C)c1C. The molecule has 0 fully saturated rings. The van der Waals surface area contributed by atoms with Crippen molar-refractivity contribution in [3.8, 4) is 0 Å². The molecule has 0 aliphatic rings. The minimum absolute atomic E-state index is 0.829. The van der Waals surface area contributed by atoms with Crippen LogP contribution in [0.3, 0.4) is 0 Å². The molecular weight excluding hydrogens is 144 g/mol. The topological polar surface area (TPSA) is 0 Å². The van der Waals surface area contributed by atoms with Gasteiger partial charge in [0, 0.05) is 0 Å². The molecule has 0 saturated heterocycles. The van der Waals surface area contributed by atoms with Gasteiger partial charge < -0.3 is 0 Å².